The zero-order valence-corrected chi connectivity index (χ0v) is 12.1. The summed E-state index contributed by atoms with van der Waals surface area (Å²) in [6.07, 6.45) is 3.20. The smallest absolute Gasteiger partial charge is 0.124 e. The van der Waals surface area contributed by atoms with Crippen molar-refractivity contribution < 1.29 is 9.13 Å². The lowest BCUT2D eigenvalue weighted by atomic mass is 9.92. The summed E-state index contributed by atoms with van der Waals surface area (Å²) in [7, 11) is 0. The zero-order valence-electron chi connectivity index (χ0n) is 11.3. The number of hydrazine groups is 1. The Morgan fingerprint density at radius 1 is 1.35 bits per heavy atom. The molecule has 0 amide bonds. The van der Waals surface area contributed by atoms with Crippen molar-refractivity contribution in [2.45, 2.75) is 25.3 Å². The average molecular weight is 294 g/mol. The van der Waals surface area contributed by atoms with E-state index in [2.05, 4.69) is 11.5 Å². The highest BCUT2D eigenvalue weighted by Gasteiger charge is 2.21. The molecule has 0 aliphatic carbocycles. The standard InChI is InChI=1S/C15H19FN2OS/c16-12-2-1-11-8-15(20-14(11)9-12)13(18-17)7-10-3-5-19-6-4-10/h1-2,8-10,13,18H,3-7,17H2. The van der Waals surface area contributed by atoms with E-state index < -0.39 is 0 Å². The second-order valence-electron chi connectivity index (χ2n) is 5.34. The van der Waals surface area contributed by atoms with Crippen molar-refractivity contribution in [2.24, 2.45) is 11.8 Å². The summed E-state index contributed by atoms with van der Waals surface area (Å²) in [4.78, 5) is 1.18. The molecule has 1 aliphatic rings. The fourth-order valence-corrected chi connectivity index (χ4v) is 3.94. The molecule has 0 spiro atoms. The molecule has 0 saturated carbocycles. The molecule has 1 aromatic carbocycles. The molecule has 2 aromatic rings. The highest BCUT2D eigenvalue weighted by molar-refractivity contribution is 7.19. The van der Waals surface area contributed by atoms with Gasteiger partial charge >= 0.3 is 0 Å². The van der Waals surface area contributed by atoms with Gasteiger partial charge in [0.25, 0.3) is 0 Å². The van der Waals surface area contributed by atoms with Gasteiger partial charge in [-0.1, -0.05) is 6.07 Å². The van der Waals surface area contributed by atoms with Crippen LogP contribution in [0.3, 0.4) is 0 Å². The first-order valence-electron chi connectivity index (χ1n) is 6.99. The predicted molar refractivity (Wildman–Crippen MR) is 80.0 cm³/mol. The van der Waals surface area contributed by atoms with E-state index in [1.165, 1.54) is 10.9 Å². The molecule has 1 fully saturated rings. The van der Waals surface area contributed by atoms with E-state index in [4.69, 9.17) is 10.6 Å². The lowest BCUT2D eigenvalue weighted by Crippen LogP contribution is -2.30. The number of hydrogen-bond acceptors (Lipinski definition) is 4. The van der Waals surface area contributed by atoms with E-state index in [0.29, 0.717) is 5.92 Å². The summed E-state index contributed by atoms with van der Waals surface area (Å²) < 4.78 is 19.6. The van der Waals surface area contributed by atoms with Gasteiger partial charge in [-0.3, -0.25) is 11.3 Å². The Labute approximate surface area is 121 Å². The molecule has 0 bridgehead atoms. The number of ether oxygens (including phenoxy) is 1. The quantitative estimate of drug-likeness (QED) is 0.671. The van der Waals surface area contributed by atoms with Gasteiger partial charge in [0.1, 0.15) is 5.82 Å². The van der Waals surface area contributed by atoms with Gasteiger partial charge in [0, 0.05) is 22.8 Å². The number of thiophene rings is 1. The lowest BCUT2D eigenvalue weighted by molar-refractivity contribution is 0.0606. The second kappa shape index (κ2) is 6.18. The van der Waals surface area contributed by atoms with Crippen LogP contribution in [0.4, 0.5) is 4.39 Å². The summed E-state index contributed by atoms with van der Waals surface area (Å²) in [5.74, 6) is 6.18. The molecular formula is C15H19FN2OS. The van der Waals surface area contributed by atoms with Crippen LogP contribution in [0, 0.1) is 11.7 Å². The Morgan fingerprint density at radius 2 is 2.15 bits per heavy atom. The van der Waals surface area contributed by atoms with Crippen molar-refractivity contribution in [3.05, 3.63) is 35.0 Å². The zero-order chi connectivity index (χ0) is 13.9. The SMILES string of the molecule is NNC(CC1CCOCC1)c1cc2ccc(F)cc2s1. The van der Waals surface area contributed by atoms with E-state index in [9.17, 15) is 4.39 Å². The third-order valence-electron chi connectivity index (χ3n) is 3.96. The van der Waals surface area contributed by atoms with Gasteiger partial charge in [-0.05, 0) is 48.8 Å². The Bertz CT molecular complexity index is 580. The van der Waals surface area contributed by atoms with Crippen LogP contribution < -0.4 is 11.3 Å². The molecule has 108 valence electrons. The van der Waals surface area contributed by atoms with Gasteiger partial charge in [-0.2, -0.15) is 0 Å². The molecule has 1 aliphatic heterocycles. The first-order chi connectivity index (χ1) is 9.76. The summed E-state index contributed by atoms with van der Waals surface area (Å²) in [6.45, 7) is 1.69. The molecule has 2 heterocycles. The molecule has 0 radical (unpaired) electrons. The number of hydrogen-bond donors (Lipinski definition) is 2. The maximum atomic E-state index is 13.3. The van der Waals surface area contributed by atoms with Crippen molar-refractivity contribution in [3.63, 3.8) is 0 Å². The fourth-order valence-electron chi connectivity index (χ4n) is 2.78. The minimum atomic E-state index is -0.187. The van der Waals surface area contributed by atoms with Crippen molar-refractivity contribution >= 4 is 21.4 Å². The van der Waals surface area contributed by atoms with E-state index in [1.54, 1.807) is 17.4 Å². The Morgan fingerprint density at radius 3 is 2.90 bits per heavy atom. The number of nitrogens with two attached hydrogens (primary N) is 1. The van der Waals surface area contributed by atoms with Crippen LogP contribution in [-0.4, -0.2) is 13.2 Å². The number of fused-ring (bicyclic) bond motifs is 1. The largest absolute Gasteiger partial charge is 0.381 e. The average Bonchev–Trinajstić information content (AvgIpc) is 2.88. The van der Waals surface area contributed by atoms with Crippen molar-refractivity contribution in [3.8, 4) is 0 Å². The number of halogens is 1. The van der Waals surface area contributed by atoms with Gasteiger partial charge in [0.15, 0.2) is 0 Å². The predicted octanol–water partition coefficient (Wildman–Crippen LogP) is 3.36. The number of benzene rings is 1. The highest BCUT2D eigenvalue weighted by Crippen LogP contribution is 2.34. The maximum absolute atomic E-state index is 13.3. The highest BCUT2D eigenvalue weighted by atomic mass is 32.1. The maximum Gasteiger partial charge on any atom is 0.124 e. The van der Waals surface area contributed by atoms with Crippen molar-refractivity contribution in [2.75, 3.05) is 13.2 Å². The molecule has 3 nitrogen and oxygen atoms in total. The van der Waals surface area contributed by atoms with E-state index in [-0.39, 0.29) is 11.9 Å². The van der Waals surface area contributed by atoms with E-state index in [0.717, 1.165) is 42.6 Å². The Balaban J connectivity index is 1.79. The number of nitrogens with one attached hydrogen (secondary N) is 1. The minimum Gasteiger partial charge on any atom is -0.381 e. The van der Waals surface area contributed by atoms with Gasteiger partial charge < -0.3 is 4.74 Å². The van der Waals surface area contributed by atoms with Gasteiger partial charge in [0.05, 0.1) is 6.04 Å². The Hall–Kier alpha value is -1.01. The summed E-state index contributed by atoms with van der Waals surface area (Å²) in [5, 5.41) is 1.08. The van der Waals surface area contributed by atoms with E-state index in [1.807, 2.05) is 6.07 Å². The normalized spacial score (nSPS) is 18.5. The topological polar surface area (TPSA) is 47.3 Å². The molecule has 3 N–H and O–H groups in total. The van der Waals surface area contributed by atoms with Gasteiger partial charge in [0.2, 0.25) is 0 Å². The minimum absolute atomic E-state index is 0.138. The van der Waals surface area contributed by atoms with Crippen LogP contribution in [0.2, 0.25) is 0 Å². The number of rotatable bonds is 4. The Kier molecular flexibility index (Phi) is 4.31. The lowest BCUT2D eigenvalue weighted by Gasteiger charge is -2.25. The van der Waals surface area contributed by atoms with E-state index >= 15 is 0 Å². The molecular weight excluding hydrogens is 275 g/mol. The van der Waals surface area contributed by atoms with Crippen LogP contribution in [0.1, 0.15) is 30.2 Å². The van der Waals surface area contributed by atoms with Crippen LogP contribution in [-0.2, 0) is 4.74 Å². The molecule has 1 aromatic heterocycles. The second-order valence-corrected chi connectivity index (χ2v) is 6.46. The van der Waals surface area contributed by atoms with Crippen LogP contribution in [0.25, 0.3) is 10.1 Å². The van der Waals surface area contributed by atoms with Gasteiger partial charge in [-0.25, -0.2) is 4.39 Å². The third kappa shape index (κ3) is 3.01. The molecule has 5 heteroatoms. The van der Waals surface area contributed by atoms with Crippen molar-refractivity contribution in [1.29, 1.82) is 0 Å². The summed E-state index contributed by atoms with van der Waals surface area (Å²) in [6, 6.07) is 7.17. The first kappa shape index (κ1) is 13.9. The molecule has 1 atom stereocenters. The van der Waals surface area contributed by atoms with Crippen LogP contribution in [0.5, 0.6) is 0 Å². The molecule has 20 heavy (non-hydrogen) atoms. The van der Waals surface area contributed by atoms with Crippen molar-refractivity contribution in [1.82, 2.24) is 5.43 Å². The first-order valence-corrected chi connectivity index (χ1v) is 7.81. The van der Waals surface area contributed by atoms with Crippen LogP contribution in [0.15, 0.2) is 24.3 Å². The summed E-state index contributed by atoms with van der Waals surface area (Å²) >= 11 is 1.62. The summed E-state index contributed by atoms with van der Waals surface area (Å²) in [5.41, 5.74) is 2.92. The van der Waals surface area contributed by atoms with Gasteiger partial charge in [-0.15, -0.1) is 11.3 Å². The molecule has 3 rings (SSSR count). The van der Waals surface area contributed by atoms with Crippen LogP contribution >= 0.6 is 11.3 Å². The monoisotopic (exact) mass is 294 g/mol. The molecule has 1 saturated heterocycles. The molecule has 1 unspecified atom stereocenters. The fraction of sp³-hybridized carbons (Fsp3) is 0.467. The third-order valence-corrected chi connectivity index (χ3v) is 5.17.